The second-order valence-corrected chi connectivity index (χ2v) is 11.7. The summed E-state index contributed by atoms with van der Waals surface area (Å²) in [4.78, 5) is 59.0. The molecule has 7 rings (SSSR count). The number of amides is 4. The van der Waals surface area contributed by atoms with Crippen LogP contribution in [-0.4, -0.2) is 120 Å². The third kappa shape index (κ3) is 3.51. The Balaban J connectivity index is 0.817. The van der Waals surface area contributed by atoms with Crippen LogP contribution in [0.1, 0.15) is 38.5 Å². The van der Waals surface area contributed by atoms with Crippen molar-refractivity contribution in [3.8, 4) is 0 Å². The Kier molecular flexibility index (Phi) is 5.72. The van der Waals surface area contributed by atoms with Crippen molar-refractivity contribution in [3.63, 3.8) is 0 Å². The third-order valence-corrected chi connectivity index (χ3v) is 9.93. The van der Waals surface area contributed by atoms with Crippen molar-refractivity contribution in [2.75, 3.05) is 52.4 Å². The minimum Gasteiger partial charge on any atom is -0.373 e. The zero-order chi connectivity index (χ0) is 24.6. The summed E-state index contributed by atoms with van der Waals surface area (Å²) in [6, 6.07) is 0. The maximum atomic E-state index is 12.8. The van der Waals surface area contributed by atoms with Crippen LogP contribution in [0.2, 0.25) is 0 Å². The van der Waals surface area contributed by atoms with Crippen LogP contribution < -0.4 is 0 Å². The first-order chi connectivity index (χ1) is 17.5. The number of piperazine rings is 1. The second-order valence-electron chi connectivity index (χ2n) is 11.7. The van der Waals surface area contributed by atoms with E-state index in [2.05, 4.69) is 9.80 Å². The molecule has 10 nitrogen and oxygen atoms in total. The molecule has 36 heavy (non-hydrogen) atoms. The van der Waals surface area contributed by atoms with Crippen molar-refractivity contribution in [1.29, 1.82) is 0 Å². The van der Waals surface area contributed by atoms with E-state index in [1.807, 2.05) is 0 Å². The topological polar surface area (TPSA) is 99.7 Å². The lowest BCUT2D eigenvalue weighted by Gasteiger charge is -2.35. The van der Waals surface area contributed by atoms with Gasteiger partial charge in [-0.3, -0.25) is 29.0 Å². The van der Waals surface area contributed by atoms with Crippen molar-refractivity contribution in [3.05, 3.63) is 0 Å². The number of fused-ring (bicyclic) bond motifs is 10. The van der Waals surface area contributed by atoms with E-state index >= 15 is 0 Å². The maximum absolute atomic E-state index is 12.8. The summed E-state index contributed by atoms with van der Waals surface area (Å²) in [5.74, 6) is -0.964. The average molecular weight is 501 g/mol. The number of hydrogen-bond donors (Lipinski definition) is 0. The molecule has 7 aliphatic rings. The van der Waals surface area contributed by atoms with Gasteiger partial charge in [0.15, 0.2) is 0 Å². The first kappa shape index (κ1) is 23.3. The lowest BCUT2D eigenvalue weighted by Crippen LogP contribution is -2.47. The quantitative estimate of drug-likeness (QED) is 0.420. The highest BCUT2D eigenvalue weighted by Crippen LogP contribution is 2.49. The van der Waals surface area contributed by atoms with Gasteiger partial charge in [-0.1, -0.05) is 0 Å². The summed E-state index contributed by atoms with van der Waals surface area (Å²) < 4.78 is 11.6. The molecule has 0 unspecified atom stereocenters. The van der Waals surface area contributed by atoms with Crippen molar-refractivity contribution in [2.24, 2.45) is 23.7 Å². The Bertz CT molecular complexity index is 834. The molecule has 7 heterocycles. The highest BCUT2D eigenvalue weighted by Gasteiger charge is 2.63. The van der Waals surface area contributed by atoms with E-state index in [1.165, 1.54) is 9.80 Å². The predicted molar refractivity (Wildman–Crippen MR) is 125 cm³/mol. The molecule has 7 saturated heterocycles. The lowest BCUT2D eigenvalue weighted by atomic mass is 9.81. The molecule has 0 aromatic rings. The number of hydrogen-bond acceptors (Lipinski definition) is 8. The number of likely N-dealkylation sites (tertiary alicyclic amines) is 2. The SMILES string of the molecule is O=C1[C@H]2[C@H](C(=O)N1CCCN1CCN(CCCN3C(=O)[C@H]4[C@H](C3=O)[C@H]3CC[C@H]4O3)CC1)[C@H]1CC[C@H]2O1. The van der Waals surface area contributed by atoms with Gasteiger partial charge in [0.1, 0.15) is 0 Å². The van der Waals surface area contributed by atoms with Crippen LogP contribution in [0.5, 0.6) is 0 Å². The largest absolute Gasteiger partial charge is 0.373 e. The van der Waals surface area contributed by atoms with E-state index in [9.17, 15) is 19.2 Å². The smallest absolute Gasteiger partial charge is 0.235 e. The fourth-order valence-corrected chi connectivity index (χ4v) is 8.13. The number of rotatable bonds is 8. The van der Waals surface area contributed by atoms with Crippen LogP contribution in [0.3, 0.4) is 0 Å². The van der Waals surface area contributed by atoms with Gasteiger partial charge in [0.05, 0.1) is 48.1 Å². The van der Waals surface area contributed by atoms with Gasteiger partial charge >= 0.3 is 0 Å². The molecule has 7 aliphatic heterocycles. The Labute approximate surface area is 211 Å². The molecule has 8 atom stereocenters. The predicted octanol–water partition coefficient (Wildman–Crippen LogP) is -0.291. The van der Waals surface area contributed by atoms with Crippen LogP contribution in [0.4, 0.5) is 0 Å². The fourth-order valence-electron chi connectivity index (χ4n) is 8.13. The first-order valence-electron chi connectivity index (χ1n) is 14.0. The highest BCUT2D eigenvalue weighted by atomic mass is 16.5. The molecule has 0 spiro atoms. The third-order valence-electron chi connectivity index (χ3n) is 9.93. The summed E-state index contributed by atoms with van der Waals surface area (Å²) in [7, 11) is 0. The number of carbonyl (C=O) groups is 4. The fraction of sp³-hybridized carbons (Fsp3) is 0.846. The van der Waals surface area contributed by atoms with Gasteiger partial charge in [0.25, 0.3) is 0 Å². The van der Waals surface area contributed by atoms with E-state index in [4.69, 9.17) is 9.47 Å². The number of nitrogens with zero attached hydrogens (tertiary/aromatic N) is 4. The summed E-state index contributed by atoms with van der Waals surface area (Å²) in [6.45, 7) is 6.61. The molecule has 0 radical (unpaired) electrons. The van der Waals surface area contributed by atoms with Crippen molar-refractivity contribution in [2.45, 2.75) is 62.9 Å². The van der Waals surface area contributed by atoms with Crippen molar-refractivity contribution >= 4 is 23.6 Å². The van der Waals surface area contributed by atoms with Crippen molar-refractivity contribution < 1.29 is 28.7 Å². The van der Waals surface area contributed by atoms with Crippen LogP contribution in [0, 0.1) is 23.7 Å². The van der Waals surface area contributed by atoms with Crippen LogP contribution in [-0.2, 0) is 28.7 Å². The molecular formula is C26H36N4O6. The first-order valence-corrected chi connectivity index (χ1v) is 14.0. The lowest BCUT2D eigenvalue weighted by molar-refractivity contribution is -0.144. The summed E-state index contributed by atoms with van der Waals surface area (Å²) in [5, 5.41) is 0. The van der Waals surface area contributed by atoms with Gasteiger partial charge in [0.2, 0.25) is 23.6 Å². The minimum absolute atomic E-state index is 0.0132. The Hall–Kier alpha value is -1.88. The van der Waals surface area contributed by atoms with E-state index < -0.39 is 0 Å². The number of carbonyl (C=O) groups excluding carboxylic acids is 4. The molecule has 4 amide bonds. The van der Waals surface area contributed by atoms with Gasteiger partial charge < -0.3 is 19.3 Å². The average Bonchev–Trinajstić information content (AvgIpc) is 3.72. The van der Waals surface area contributed by atoms with Crippen LogP contribution in [0.25, 0.3) is 0 Å². The zero-order valence-electron chi connectivity index (χ0n) is 20.8. The van der Waals surface area contributed by atoms with Gasteiger partial charge in [-0.2, -0.15) is 0 Å². The Morgan fingerprint density at radius 1 is 0.500 bits per heavy atom. The minimum atomic E-state index is -0.228. The number of imide groups is 2. The van der Waals surface area contributed by atoms with Gasteiger partial charge in [0, 0.05) is 39.3 Å². The molecule has 10 heteroatoms. The molecule has 4 bridgehead atoms. The Morgan fingerprint density at radius 2 is 0.806 bits per heavy atom. The molecule has 196 valence electrons. The van der Waals surface area contributed by atoms with Crippen molar-refractivity contribution in [1.82, 2.24) is 19.6 Å². The molecule has 0 aromatic carbocycles. The summed E-state index contributed by atoms with van der Waals surface area (Å²) >= 11 is 0. The molecule has 0 saturated carbocycles. The second kappa shape index (κ2) is 8.85. The van der Waals surface area contributed by atoms with Crippen LogP contribution in [0.15, 0.2) is 0 Å². The maximum Gasteiger partial charge on any atom is 0.235 e. The van der Waals surface area contributed by atoms with Gasteiger partial charge in [-0.05, 0) is 51.6 Å². The van der Waals surface area contributed by atoms with Gasteiger partial charge in [-0.15, -0.1) is 0 Å². The zero-order valence-corrected chi connectivity index (χ0v) is 20.8. The molecule has 0 N–H and O–H groups in total. The van der Waals surface area contributed by atoms with Crippen LogP contribution >= 0.6 is 0 Å². The van der Waals surface area contributed by atoms with E-state index in [0.717, 1.165) is 77.8 Å². The monoisotopic (exact) mass is 500 g/mol. The summed E-state index contributed by atoms with van der Waals surface area (Å²) in [6.07, 6.45) is 5.07. The van der Waals surface area contributed by atoms with E-state index in [0.29, 0.717) is 13.1 Å². The molecule has 0 aliphatic carbocycles. The highest BCUT2D eigenvalue weighted by molar-refractivity contribution is 6.07. The Morgan fingerprint density at radius 3 is 1.11 bits per heavy atom. The summed E-state index contributed by atoms with van der Waals surface area (Å²) in [5.41, 5.74) is 0. The standard InChI is InChI=1S/C26H36N4O6/c31-23-19-15-3-4-16(35-15)20(19)24(32)29(23)9-1-7-27-11-13-28(14-12-27)8-2-10-30-25(33)21-17-5-6-18(36-17)22(21)26(30)34/h15-22H,1-14H2/t15-,16-,17-,18-,19-,20-,21-,22-/m1/s1. The molecule has 0 aromatic heterocycles. The van der Waals surface area contributed by atoms with Gasteiger partial charge in [-0.25, -0.2) is 0 Å². The number of ether oxygens (including phenoxy) is 2. The molecule has 7 fully saturated rings. The van der Waals surface area contributed by atoms with E-state index in [1.54, 1.807) is 0 Å². The normalized spacial score (nSPS) is 41.9. The molecular weight excluding hydrogens is 464 g/mol. The van der Waals surface area contributed by atoms with E-state index in [-0.39, 0.29) is 71.7 Å².